The van der Waals surface area contributed by atoms with Crippen molar-refractivity contribution in [2.24, 2.45) is 5.92 Å². The Morgan fingerprint density at radius 3 is 2.52 bits per heavy atom. The van der Waals surface area contributed by atoms with Gasteiger partial charge < -0.3 is 14.8 Å². The first-order chi connectivity index (χ1) is 13.7. The second-order valence-electron chi connectivity index (χ2n) is 6.83. The van der Waals surface area contributed by atoms with Gasteiger partial charge in [-0.2, -0.15) is 5.10 Å². The molecule has 1 unspecified atom stereocenters. The van der Waals surface area contributed by atoms with Crippen molar-refractivity contribution in [3.05, 3.63) is 46.5 Å². The van der Waals surface area contributed by atoms with Gasteiger partial charge in [-0.1, -0.05) is 13.8 Å². The van der Waals surface area contributed by atoms with Gasteiger partial charge in [0, 0.05) is 17.7 Å². The maximum Gasteiger partial charge on any atom is 0.328 e. The highest BCUT2D eigenvalue weighted by atomic mass is 19.1. The molecule has 0 fully saturated rings. The summed E-state index contributed by atoms with van der Waals surface area (Å²) in [5.74, 6) is -1.24. The molecule has 0 saturated carbocycles. The molecular weight excluding hydrogens is 381 g/mol. The van der Waals surface area contributed by atoms with Crippen LogP contribution in [0.3, 0.4) is 0 Å². The number of amides is 1. The van der Waals surface area contributed by atoms with Crippen molar-refractivity contribution < 1.29 is 23.5 Å². The molecule has 1 atom stereocenters. The number of hydrogen-bond acceptors (Lipinski definition) is 6. The maximum absolute atomic E-state index is 14.3. The van der Waals surface area contributed by atoms with Crippen LogP contribution < -0.4 is 15.6 Å². The number of hydrogen-bond donors (Lipinski definition) is 1. The summed E-state index contributed by atoms with van der Waals surface area (Å²) in [5.41, 5.74) is -0.187. The third kappa shape index (κ3) is 5.87. The molecule has 0 radical (unpaired) electrons. The van der Waals surface area contributed by atoms with Crippen LogP contribution in [0.2, 0.25) is 0 Å². The van der Waals surface area contributed by atoms with E-state index in [4.69, 9.17) is 9.47 Å². The van der Waals surface area contributed by atoms with Crippen molar-refractivity contribution in [3.8, 4) is 17.0 Å². The molecule has 1 aromatic heterocycles. The Morgan fingerprint density at radius 1 is 1.21 bits per heavy atom. The summed E-state index contributed by atoms with van der Waals surface area (Å²) in [4.78, 5) is 36.3. The van der Waals surface area contributed by atoms with Crippen LogP contribution in [-0.2, 0) is 20.9 Å². The smallest absolute Gasteiger partial charge is 0.328 e. The van der Waals surface area contributed by atoms with Gasteiger partial charge in [-0.3, -0.25) is 9.59 Å². The number of aromatic nitrogens is 2. The molecule has 2 aromatic rings. The highest BCUT2D eigenvalue weighted by Crippen LogP contribution is 2.24. The van der Waals surface area contributed by atoms with E-state index in [1.807, 2.05) is 13.8 Å². The van der Waals surface area contributed by atoms with E-state index in [1.54, 1.807) is 6.07 Å². The zero-order chi connectivity index (χ0) is 21.6. The van der Waals surface area contributed by atoms with E-state index in [2.05, 4.69) is 10.4 Å². The van der Waals surface area contributed by atoms with Crippen molar-refractivity contribution in [3.63, 3.8) is 0 Å². The average molecular weight is 405 g/mol. The molecule has 156 valence electrons. The predicted octanol–water partition coefficient (Wildman–Crippen LogP) is 1.76. The number of methoxy groups -OCH3 is 2. The van der Waals surface area contributed by atoms with Crippen LogP contribution in [-0.4, -0.2) is 41.9 Å². The highest BCUT2D eigenvalue weighted by molar-refractivity contribution is 5.84. The predicted molar refractivity (Wildman–Crippen MR) is 104 cm³/mol. The number of carbonyl (C=O) groups excluding carboxylic acids is 2. The minimum atomic E-state index is -0.828. The van der Waals surface area contributed by atoms with Crippen molar-refractivity contribution in [2.45, 2.75) is 32.9 Å². The molecule has 29 heavy (non-hydrogen) atoms. The van der Waals surface area contributed by atoms with Gasteiger partial charge >= 0.3 is 5.97 Å². The van der Waals surface area contributed by atoms with Gasteiger partial charge in [0.1, 0.15) is 24.2 Å². The first kappa shape index (κ1) is 22.1. The zero-order valence-electron chi connectivity index (χ0n) is 16.8. The molecule has 1 amide bonds. The Kier molecular flexibility index (Phi) is 7.46. The molecule has 0 aliphatic rings. The Labute approximate surface area is 167 Å². The highest BCUT2D eigenvalue weighted by Gasteiger charge is 2.23. The van der Waals surface area contributed by atoms with Crippen LogP contribution >= 0.6 is 0 Å². The third-order valence-corrected chi connectivity index (χ3v) is 4.14. The van der Waals surface area contributed by atoms with Gasteiger partial charge in [-0.05, 0) is 30.5 Å². The van der Waals surface area contributed by atoms with E-state index >= 15 is 0 Å². The summed E-state index contributed by atoms with van der Waals surface area (Å²) < 4.78 is 24.9. The molecule has 0 aliphatic heterocycles. The van der Waals surface area contributed by atoms with Gasteiger partial charge in [0.05, 0.1) is 19.9 Å². The largest absolute Gasteiger partial charge is 0.497 e. The number of halogens is 1. The molecule has 9 heteroatoms. The number of benzene rings is 1. The molecule has 1 aromatic carbocycles. The van der Waals surface area contributed by atoms with E-state index in [9.17, 15) is 18.8 Å². The van der Waals surface area contributed by atoms with Gasteiger partial charge in [0.2, 0.25) is 5.91 Å². The number of carbonyl (C=O) groups is 2. The molecule has 2 rings (SSSR count). The van der Waals surface area contributed by atoms with Crippen LogP contribution in [0.25, 0.3) is 11.3 Å². The SMILES string of the molecule is COC(=O)C(CC(C)C)NC(=O)Cn1nc(-c2ccc(OC)cc2F)ccc1=O. The van der Waals surface area contributed by atoms with Crippen molar-refractivity contribution in [1.82, 2.24) is 15.1 Å². The Hall–Kier alpha value is -3.23. The normalized spacial score (nSPS) is 11.8. The molecule has 0 spiro atoms. The van der Waals surface area contributed by atoms with Crippen molar-refractivity contribution in [1.29, 1.82) is 0 Å². The minimum absolute atomic E-state index is 0.140. The minimum Gasteiger partial charge on any atom is -0.497 e. The number of rotatable bonds is 8. The van der Waals surface area contributed by atoms with E-state index in [-0.39, 0.29) is 17.2 Å². The second kappa shape index (κ2) is 9.81. The van der Waals surface area contributed by atoms with Crippen molar-refractivity contribution >= 4 is 11.9 Å². The summed E-state index contributed by atoms with van der Waals surface area (Å²) in [6, 6.07) is 5.98. The van der Waals surface area contributed by atoms with E-state index < -0.39 is 35.8 Å². The van der Waals surface area contributed by atoms with Crippen LogP contribution in [0.15, 0.2) is 35.1 Å². The third-order valence-electron chi connectivity index (χ3n) is 4.14. The standard InChI is InChI=1S/C20H24FN3O5/c1-12(2)9-17(20(27)29-4)22-18(25)11-24-19(26)8-7-16(23-24)14-6-5-13(28-3)10-15(14)21/h5-8,10,12,17H,9,11H2,1-4H3,(H,22,25). The monoisotopic (exact) mass is 405 g/mol. The summed E-state index contributed by atoms with van der Waals surface area (Å²) in [6.07, 6.45) is 0.387. The fourth-order valence-electron chi connectivity index (χ4n) is 2.74. The van der Waals surface area contributed by atoms with Crippen LogP contribution in [0.4, 0.5) is 4.39 Å². The lowest BCUT2D eigenvalue weighted by Gasteiger charge is -2.18. The summed E-state index contributed by atoms with van der Waals surface area (Å²) in [6.45, 7) is 3.39. The fraction of sp³-hybridized carbons (Fsp3) is 0.400. The summed E-state index contributed by atoms with van der Waals surface area (Å²) >= 11 is 0. The lowest BCUT2D eigenvalue weighted by atomic mass is 10.0. The molecule has 8 nitrogen and oxygen atoms in total. The molecular formula is C20H24FN3O5. The average Bonchev–Trinajstić information content (AvgIpc) is 2.68. The van der Waals surface area contributed by atoms with E-state index in [0.717, 1.165) is 4.68 Å². The molecule has 1 N–H and O–H groups in total. The number of nitrogens with zero attached hydrogens (tertiary/aromatic N) is 2. The molecule has 1 heterocycles. The summed E-state index contributed by atoms with van der Waals surface area (Å²) in [7, 11) is 2.66. The van der Waals surface area contributed by atoms with Crippen molar-refractivity contribution in [2.75, 3.05) is 14.2 Å². The quantitative estimate of drug-likeness (QED) is 0.672. The van der Waals surface area contributed by atoms with Crippen LogP contribution in [0.1, 0.15) is 20.3 Å². The van der Waals surface area contributed by atoms with Gasteiger partial charge in [-0.25, -0.2) is 13.9 Å². The first-order valence-electron chi connectivity index (χ1n) is 9.04. The fourth-order valence-corrected chi connectivity index (χ4v) is 2.74. The lowest BCUT2D eigenvalue weighted by Crippen LogP contribution is -2.44. The van der Waals surface area contributed by atoms with E-state index in [0.29, 0.717) is 12.2 Å². The first-order valence-corrected chi connectivity index (χ1v) is 9.04. The van der Waals surface area contributed by atoms with Crippen LogP contribution in [0, 0.1) is 11.7 Å². The summed E-state index contributed by atoms with van der Waals surface area (Å²) in [5, 5.41) is 6.64. The topological polar surface area (TPSA) is 99.5 Å². The van der Waals surface area contributed by atoms with Gasteiger partial charge in [-0.15, -0.1) is 0 Å². The van der Waals surface area contributed by atoms with Crippen LogP contribution in [0.5, 0.6) is 5.75 Å². The second-order valence-corrected chi connectivity index (χ2v) is 6.83. The Balaban J connectivity index is 2.22. The maximum atomic E-state index is 14.3. The van der Waals surface area contributed by atoms with E-state index in [1.165, 1.54) is 38.5 Å². The number of nitrogens with one attached hydrogen (secondary N) is 1. The Morgan fingerprint density at radius 2 is 1.93 bits per heavy atom. The molecule has 0 aliphatic carbocycles. The zero-order valence-corrected chi connectivity index (χ0v) is 16.8. The molecule has 0 saturated heterocycles. The lowest BCUT2D eigenvalue weighted by molar-refractivity contribution is -0.145. The van der Waals surface area contributed by atoms with Gasteiger partial charge in [0.15, 0.2) is 0 Å². The number of ether oxygens (including phenoxy) is 2. The Bertz CT molecular complexity index is 942. The number of esters is 1. The molecule has 0 bridgehead atoms. The van der Waals surface area contributed by atoms with Gasteiger partial charge in [0.25, 0.3) is 5.56 Å².